The standard InChI is InChI=1S/C20H12ClN3OS2/c21-16-4-2-1-3-15(16)17-8-7-14(26-17)9-18-19(25)24(13-5-6-13)20(27-18)12(10-22)11-23/h1-4,7-9,13H,5-6H2. The number of hydrogen-bond donors (Lipinski definition) is 0. The van der Waals surface area contributed by atoms with E-state index < -0.39 is 0 Å². The first-order valence-electron chi connectivity index (χ1n) is 8.24. The molecule has 7 heteroatoms. The lowest BCUT2D eigenvalue weighted by Crippen LogP contribution is -2.31. The maximum absolute atomic E-state index is 12.8. The van der Waals surface area contributed by atoms with Crippen LogP contribution in [0.4, 0.5) is 0 Å². The van der Waals surface area contributed by atoms with E-state index in [1.54, 1.807) is 15.9 Å². The average Bonchev–Trinajstić information content (AvgIpc) is 3.31. The smallest absolute Gasteiger partial charge is 0.269 e. The SMILES string of the molecule is N#CC(C#N)=c1sc(=Cc2ccc(-c3ccccc3Cl)s2)c(=O)n1C1CC1. The zero-order valence-corrected chi connectivity index (χ0v) is 16.4. The second-order valence-electron chi connectivity index (χ2n) is 6.10. The molecule has 4 rings (SSSR count). The fourth-order valence-electron chi connectivity index (χ4n) is 2.82. The lowest BCUT2D eigenvalue weighted by molar-refractivity contribution is 0.702. The van der Waals surface area contributed by atoms with Gasteiger partial charge in [0.1, 0.15) is 16.8 Å². The van der Waals surface area contributed by atoms with Gasteiger partial charge in [0.2, 0.25) is 0 Å². The van der Waals surface area contributed by atoms with Gasteiger partial charge in [0.15, 0.2) is 5.57 Å². The Hall–Kier alpha value is -2.64. The number of thiophene rings is 1. The number of thiazole rings is 1. The van der Waals surface area contributed by atoms with Gasteiger partial charge < -0.3 is 0 Å². The summed E-state index contributed by atoms with van der Waals surface area (Å²) in [7, 11) is 0. The van der Waals surface area contributed by atoms with Crippen LogP contribution < -0.4 is 14.8 Å². The van der Waals surface area contributed by atoms with Gasteiger partial charge in [-0.25, -0.2) is 0 Å². The van der Waals surface area contributed by atoms with Crippen molar-refractivity contribution in [2.24, 2.45) is 0 Å². The summed E-state index contributed by atoms with van der Waals surface area (Å²) in [6.45, 7) is 0. The minimum Gasteiger partial charge on any atom is -0.294 e. The zero-order valence-electron chi connectivity index (χ0n) is 14.0. The Bertz CT molecular complexity index is 1280. The molecule has 3 aromatic rings. The van der Waals surface area contributed by atoms with Crippen LogP contribution in [0, 0.1) is 22.7 Å². The van der Waals surface area contributed by atoms with Gasteiger partial charge in [-0.2, -0.15) is 10.5 Å². The molecule has 27 heavy (non-hydrogen) atoms. The fourth-order valence-corrected chi connectivity index (χ4v) is 5.28. The minimum absolute atomic E-state index is 0.00779. The van der Waals surface area contributed by atoms with Crippen LogP contribution in [0.1, 0.15) is 23.8 Å². The van der Waals surface area contributed by atoms with Crippen molar-refractivity contribution in [3.8, 4) is 22.6 Å². The summed E-state index contributed by atoms with van der Waals surface area (Å²) in [5.74, 6) is 0. The molecule has 0 saturated heterocycles. The van der Waals surface area contributed by atoms with Gasteiger partial charge in [0.05, 0.1) is 4.53 Å². The fraction of sp³-hybridized carbons (Fsp3) is 0.150. The van der Waals surface area contributed by atoms with Crippen LogP contribution in [-0.4, -0.2) is 4.57 Å². The van der Waals surface area contributed by atoms with E-state index in [9.17, 15) is 15.3 Å². The van der Waals surface area contributed by atoms with E-state index in [-0.39, 0.29) is 17.2 Å². The summed E-state index contributed by atoms with van der Waals surface area (Å²) in [6.07, 6.45) is 3.64. The third-order valence-corrected chi connectivity index (χ3v) is 6.75. The summed E-state index contributed by atoms with van der Waals surface area (Å²) < 4.78 is 2.61. The molecule has 1 aliphatic carbocycles. The number of benzene rings is 1. The van der Waals surface area contributed by atoms with Crippen molar-refractivity contribution < 1.29 is 0 Å². The average molecular weight is 410 g/mol. The number of nitrogens with zero attached hydrogens (tertiary/aromatic N) is 3. The molecule has 0 spiro atoms. The summed E-state index contributed by atoms with van der Waals surface area (Å²) in [5, 5.41) is 19.1. The van der Waals surface area contributed by atoms with E-state index in [4.69, 9.17) is 11.6 Å². The van der Waals surface area contributed by atoms with Crippen molar-refractivity contribution >= 4 is 45.9 Å². The van der Waals surface area contributed by atoms with Gasteiger partial charge in [-0.15, -0.1) is 22.7 Å². The van der Waals surface area contributed by atoms with Crippen LogP contribution in [0.15, 0.2) is 41.2 Å². The maximum Gasteiger partial charge on any atom is 0.269 e. The molecule has 1 fully saturated rings. The molecule has 0 aliphatic heterocycles. The van der Waals surface area contributed by atoms with Crippen LogP contribution in [0.5, 0.6) is 0 Å². The van der Waals surface area contributed by atoms with Gasteiger partial charge >= 0.3 is 0 Å². The molecule has 0 bridgehead atoms. The Morgan fingerprint density at radius 2 is 1.89 bits per heavy atom. The molecule has 0 radical (unpaired) electrons. The van der Waals surface area contributed by atoms with Crippen molar-refractivity contribution in [1.82, 2.24) is 4.57 Å². The Morgan fingerprint density at radius 3 is 2.56 bits per heavy atom. The van der Waals surface area contributed by atoms with Crippen LogP contribution >= 0.6 is 34.3 Å². The highest BCUT2D eigenvalue weighted by atomic mass is 35.5. The minimum atomic E-state index is -0.131. The van der Waals surface area contributed by atoms with Gasteiger partial charge in [0.25, 0.3) is 5.56 Å². The van der Waals surface area contributed by atoms with Crippen LogP contribution in [0.3, 0.4) is 0 Å². The first-order chi connectivity index (χ1) is 13.1. The normalized spacial score (nSPS) is 14.0. The van der Waals surface area contributed by atoms with Gasteiger partial charge in [-0.05, 0) is 37.1 Å². The Kier molecular flexibility index (Phi) is 4.72. The first kappa shape index (κ1) is 17.8. The largest absolute Gasteiger partial charge is 0.294 e. The highest BCUT2D eigenvalue weighted by Crippen LogP contribution is 2.34. The molecule has 2 heterocycles. The van der Waals surface area contributed by atoms with Crippen LogP contribution in [0.25, 0.3) is 22.1 Å². The van der Waals surface area contributed by atoms with Gasteiger partial charge in [-0.1, -0.05) is 29.8 Å². The lowest BCUT2D eigenvalue weighted by Gasteiger charge is -1.99. The van der Waals surface area contributed by atoms with Crippen LogP contribution in [-0.2, 0) is 0 Å². The lowest BCUT2D eigenvalue weighted by atomic mass is 10.2. The number of nitriles is 2. The summed E-state index contributed by atoms with van der Waals surface area (Å²) >= 11 is 9.02. The van der Waals surface area contributed by atoms with Gasteiger partial charge in [-0.3, -0.25) is 9.36 Å². The van der Waals surface area contributed by atoms with Crippen molar-refractivity contribution in [2.45, 2.75) is 18.9 Å². The molecule has 0 unspecified atom stereocenters. The number of hydrogen-bond acceptors (Lipinski definition) is 5. The Morgan fingerprint density at radius 1 is 1.15 bits per heavy atom. The van der Waals surface area contributed by atoms with E-state index in [0.717, 1.165) is 28.2 Å². The summed E-state index contributed by atoms with van der Waals surface area (Å²) in [6, 6.07) is 15.5. The molecule has 2 aromatic heterocycles. The van der Waals surface area contributed by atoms with Crippen LogP contribution in [0.2, 0.25) is 5.02 Å². The zero-order chi connectivity index (χ0) is 19.0. The van der Waals surface area contributed by atoms with Crippen molar-refractivity contribution in [1.29, 1.82) is 10.5 Å². The highest BCUT2D eigenvalue weighted by Gasteiger charge is 2.27. The van der Waals surface area contributed by atoms with E-state index >= 15 is 0 Å². The van der Waals surface area contributed by atoms with Gasteiger partial charge in [0, 0.05) is 26.4 Å². The summed E-state index contributed by atoms with van der Waals surface area (Å²) in [5.41, 5.74) is 0.815. The predicted molar refractivity (Wildman–Crippen MR) is 109 cm³/mol. The highest BCUT2D eigenvalue weighted by molar-refractivity contribution is 7.16. The monoisotopic (exact) mass is 409 g/mol. The molecule has 0 atom stereocenters. The van der Waals surface area contributed by atoms with E-state index in [2.05, 4.69) is 0 Å². The second kappa shape index (κ2) is 7.17. The van der Waals surface area contributed by atoms with Crippen molar-refractivity contribution in [2.75, 3.05) is 0 Å². The molecule has 0 amide bonds. The van der Waals surface area contributed by atoms with Crippen molar-refractivity contribution in [3.63, 3.8) is 0 Å². The molecule has 1 aromatic carbocycles. The molecule has 132 valence electrons. The number of rotatable bonds is 3. The Labute approximate surface area is 168 Å². The number of halogens is 1. The third kappa shape index (κ3) is 3.36. The molecular formula is C20H12ClN3OS2. The Balaban J connectivity index is 1.86. The molecule has 1 saturated carbocycles. The quantitative estimate of drug-likeness (QED) is 0.662. The maximum atomic E-state index is 12.8. The molecular weight excluding hydrogens is 398 g/mol. The first-order valence-corrected chi connectivity index (χ1v) is 10.3. The molecule has 4 nitrogen and oxygen atoms in total. The summed E-state index contributed by atoms with van der Waals surface area (Å²) in [4.78, 5) is 14.8. The molecule has 1 aliphatic rings. The van der Waals surface area contributed by atoms with E-state index in [1.807, 2.05) is 54.6 Å². The predicted octanol–water partition coefficient (Wildman–Crippen LogP) is 3.65. The second-order valence-corrected chi connectivity index (χ2v) is 8.66. The van der Waals surface area contributed by atoms with E-state index in [1.165, 1.54) is 11.3 Å². The van der Waals surface area contributed by atoms with Crippen molar-refractivity contribution in [3.05, 3.63) is 65.8 Å². The number of aromatic nitrogens is 1. The molecule has 0 N–H and O–H groups in total. The third-order valence-electron chi connectivity index (χ3n) is 4.24. The van der Waals surface area contributed by atoms with E-state index in [0.29, 0.717) is 14.2 Å². The topological polar surface area (TPSA) is 69.6 Å².